The Kier molecular flexibility index (Phi) is 3.93. The van der Waals surface area contributed by atoms with Gasteiger partial charge >= 0.3 is 5.97 Å². The number of carbonyl (C=O) groups is 1. The first-order valence-electron chi connectivity index (χ1n) is 4.00. The number of methoxy groups -OCH3 is 1. The summed E-state index contributed by atoms with van der Waals surface area (Å²) in [6.45, 7) is 1.98. The highest BCUT2D eigenvalue weighted by Gasteiger charge is 2.20. The maximum absolute atomic E-state index is 11.3. The van der Waals surface area contributed by atoms with E-state index < -0.39 is 0 Å². The number of ether oxygens (including phenoxy) is 1. The van der Waals surface area contributed by atoms with Crippen LogP contribution >= 0.6 is 27.3 Å². The van der Waals surface area contributed by atoms with Crippen molar-refractivity contribution in [2.24, 2.45) is 0 Å². The Hall–Kier alpha value is -0.350. The highest BCUT2D eigenvalue weighted by molar-refractivity contribution is 9.10. The predicted octanol–water partition coefficient (Wildman–Crippen LogP) is 3.18. The van der Waals surface area contributed by atoms with Crippen LogP contribution in [0.1, 0.15) is 24.1 Å². The molecule has 1 atom stereocenters. The van der Waals surface area contributed by atoms with Crippen LogP contribution in [0.5, 0.6) is 0 Å². The molecule has 1 aromatic rings. The summed E-state index contributed by atoms with van der Waals surface area (Å²) in [5, 5.41) is 1.97. The molecule has 0 bridgehead atoms. The summed E-state index contributed by atoms with van der Waals surface area (Å²) >= 11 is 4.94. The van der Waals surface area contributed by atoms with Crippen LogP contribution in [0.15, 0.2) is 15.9 Å². The van der Waals surface area contributed by atoms with E-state index in [1.807, 2.05) is 18.4 Å². The molecule has 0 radical (unpaired) electrons. The van der Waals surface area contributed by atoms with Crippen molar-refractivity contribution >= 4 is 33.2 Å². The average molecular weight is 263 g/mol. The number of hydrogen-bond donors (Lipinski definition) is 0. The highest BCUT2D eigenvalue weighted by atomic mass is 79.9. The minimum atomic E-state index is -0.156. The Balaban J connectivity index is 2.84. The van der Waals surface area contributed by atoms with E-state index in [0.29, 0.717) is 0 Å². The summed E-state index contributed by atoms with van der Waals surface area (Å²) in [6.07, 6.45) is 0.777. The van der Waals surface area contributed by atoms with Gasteiger partial charge in [0.25, 0.3) is 0 Å². The van der Waals surface area contributed by atoms with Crippen molar-refractivity contribution in [3.8, 4) is 0 Å². The van der Waals surface area contributed by atoms with Gasteiger partial charge in [0.2, 0.25) is 0 Å². The van der Waals surface area contributed by atoms with Crippen molar-refractivity contribution in [3.05, 3.63) is 20.8 Å². The molecule has 0 spiro atoms. The first-order chi connectivity index (χ1) is 6.19. The van der Waals surface area contributed by atoms with Crippen molar-refractivity contribution in [2.75, 3.05) is 7.11 Å². The number of halogens is 1. The molecule has 1 rings (SSSR count). The van der Waals surface area contributed by atoms with Gasteiger partial charge in [-0.1, -0.05) is 6.92 Å². The zero-order valence-corrected chi connectivity index (χ0v) is 9.94. The summed E-state index contributed by atoms with van der Waals surface area (Å²) < 4.78 is 5.74. The molecule has 1 aromatic heterocycles. The third kappa shape index (κ3) is 2.54. The van der Waals surface area contributed by atoms with Gasteiger partial charge in [0, 0.05) is 14.7 Å². The standard InChI is InChI=1S/C9H11BrO2S/c1-3-7(9(11)12-2)8-4-6(10)5-13-8/h4-5,7H,3H2,1-2H3. The molecule has 0 aliphatic carbocycles. The molecule has 0 fully saturated rings. The van der Waals surface area contributed by atoms with Gasteiger partial charge in [-0.25, -0.2) is 0 Å². The summed E-state index contributed by atoms with van der Waals surface area (Å²) in [7, 11) is 1.42. The molecule has 4 heteroatoms. The van der Waals surface area contributed by atoms with Crippen LogP contribution in [0.3, 0.4) is 0 Å². The lowest BCUT2D eigenvalue weighted by Gasteiger charge is -2.09. The molecule has 0 amide bonds. The van der Waals surface area contributed by atoms with Crippen LogP contribution in [0.2, 0.25) is 0 Å². The molecule has 72 valence electrons. The van der Waals surface area contributed by atoms with Gasteiger partial charge in [0.05, 0.1) is 13.0 Å². The van der Waals surface area contributed by atoms with Gasteiger partial charge in [-0.05, 0) is 28.4 Å². The maximum atomic E-state index is 11.3. The fraction of sp³-hybridized carbons (Fsp3) is 0.444. The Labute approximate surface area is 90.0 Å². The summed E-state index contributed by atoms with van der Waals surface area (Å²) in [4.78, 5) is 12.4. The number of carbonyl (C=O) groups excluding carboxylic acids is 1. The van der Waals surface area contributed by atoms with Crippen LogP contribution in [0, 0.1) is 0 Å². The summed E-state index contributed by atoms with van der Waals surface area (Å²) in [6, 6.07) is 1.97. The second kappa shape index (κ2) is 4.77. The molecule has 0 aliphatic heterocycles. The monoisotopic (exact) mass is 262 g/mol. The lowest BCUT2D eigenvalue weighted by Crippen LogP contribution is -2.11. The van der Waals surface area contributed by atoms with E-state index in [1.165, 1.54) is 7.11 Å². The third-order valence-corrected chi connectivity index (χ3v) is 3.63. The maximum Gasteiger partial charge on any atom is 0.313 e. The Morgan fingerprint density at radius 1 is 1.77 bits per heavy atom. The highest BCUT2D eigenvalue weighted by Crippen LogP contribution is 2.29. The lowest BCUT2D eigenvalue weighted by atomic mass is 10.1. The summed E-state index contributed by atoms with van der Waals surface area (Å²) in [5.41, 5.74) is 0. The van der Waals surface area contributed by atoms with Crippen LogP contribution in [-0.4, -0.2) is 13.1 Å². The quantitative estimate of drug-likeness (QED) is 0.783. The van der Waals surface area contributed by atoms with Crippen LogP contribution in [-0.2, 0) is 9.53 Å². The van der Waals surface area contributed by atoms with Crippen LogP contribution in [0.4, 0.5) is 0 Å². The van der Waals surface area contributed by atoms with Gasteiger partial charge < -0.3 is 4.74 Å². The zero-order valence-electron chi connectivity index (χ0n) is 7.54. The minimum absolute atomic E-state index is 0.110. The first kappa shape index (κ1) is 10.7. The van der Waals surface area contributed by atoms with Crippen molar-refractivity contribution in [1.82, 2.24) is 0 Å². The number of hydrogen-bond acceptors (Lipinski definition) is 3. The van der Waals surface area contributed by atoms with Crippen LogP contribution < -0.4 is 0 Å². The van der Waals surface area contributed by atoms with Gasteiger partial charge in [0.15, 0.2) is 0 Å². The molecule has 1 heterocycles. The fourth-order valence-corrected chi connectivity index (χ4v) is 2.75. The van der Waals surface area contributed by atoms with E-state index >= 15 is 0 Å². The molecule has 2 nitrogen and oxygen atoms in total. The van der Waals surface area contributed by atoms with Gasteiger partial charge in [0.1, 0.15) is 0 Å². The average Bonchev–Trinajstić information content (AvgIpc) is 2.53. The second-order valence-corrected chi connectivity index (χ2v) is 4.51. The van der Waals surface area contributed by atoms with Crippen molar-refractivity contribution < 1.29 is 9.53 Å². The third-order valence-electron chi connectivity index (χ3n) is 1.83. The molecule has 0 saturated carbocycles. The number of thiophene rings is 1. The first-order valence-corrected chi connectivity index (χ1v) is 5.68. The Bertz CT molecular complexity index is 296. The number of esters is 1. The lowest BCUT2D eigenvalue weighted by molar-refractivity contribution is -0.142. The normalized spacial score (nSPS) is 12.5. The van der Waals surface area contributed by atoms with Crippen LogP contribution in [0.25, 0.3) is 0 Å². The van der Waals surface area contributed by atoms with E-state index in [4.69, 9.17) is 4.74 Å². The molecule has 0 aliphatic rings. The fourth-order valence-electron chi connectivity index (χ4n) is 1.14. The van der Waals surface area contributed by atoms with E-state index in [1.54, 1.807) is 11.3 Å². The zero-order chi connectivity index (χ0) is 9.84. The van der Waals surface area contributed by atoms with Crippen molar-refractivity contribution in [3.63, 3.8) is 0 Å². The number of rotatable bonds is 3. The van der Waals surface area contributed by atoms with E-state index in [0.717, 1.165) is 15.8 Å². The molecule has 0 aromatic carbocycles. The molecule has 0 N–H and O–H groups in total. The molecular formula is C9H11BrO2S. The Morgan fingerprint density at radius 2 is 2.46 bits per heavy atom. The minimum Gasteiger partial charge on any atom is -0.469 e. The second-order valence-electron chi connectivity index (χ2n) is 2.65. The predicted molar refractivity (Wildman–Crippen MR) is 57.1 cm³/mol. The van der Waals surface area contributed by atoms with Gasteiger partial charge in [-0.2, -0.15) is 0 Å². The topological polar surface area (TPSA) is 26.3 Å². The molecule has 13 heavy (non-hydrogen) atoms. The smallest absolute Gasteiger partial charge is 0.313 e. The SMILES string of the molecule is CCC(C(=O)OC)c1cc(Br)cs1. The largest absolute Gasteiger partial charge is 0.469 e. The van der Waals surface area contributed by atoms with E-state index in [2.05, 4.69) is 15.9 Å². The van der Waals surface area contributed by atoms with Gasteiger partial charge in [-0.15, -0.1) is 11.3 Å². The Morgan fingerprint density at radius 3 is 2.85 bits per heavy atom. The van der Waals surface area contributed by atoms with E-state index in [9.17, 15) is 4.79 Å². The van der Waals surface area contributed by atoms with Crippen molar-refractivity contribution in [2.45, 2.75) is 19.3 Å². The molecule has 1 unspecified atom stereocenters. The van der Waals surface area contributed by atoms with Gasteiger partial charge in [-0.3, -0.25) is 4.79 Å². The molecular weight excluding hydrogens is 252 g/mol. The van der Waals surface area contributed by atoms with E-state index in [-0.39, 0.29) is 11.9 Å². The summed E-state index contributed by atoms with van der Waals surface area (Å²) in [5.74, 6) is -0.266. The van der Waals surface area contributed by atoms with Crippen molar-refractivity contribution in [1.29, 1.82) is 0 Å². The molecule has 0 saturated heterocycles.